The van der Waals surface area contributed by atoms with Gasteiger partial charge in [0.05, 0.1) is 6.61 Å². The number of hydrogen-bond donors (Lipinski definition) is 0. The van der Waals surface area contributed by atoms with Gasteiger partial charge in [0.25, 0.3) is 0 Å². The Hall–Kier alpha value is -1.51. The van der Waals surface area contributed by atoms with E-state index in [0.29, 0.717) is 13.0 Å². The minimum Gasteiger partial charge on any atom is -0.494 e. The second-order valence-corrected chi connectivity index (χ2v) is 7.44. The van der Waals surface area contributed by atoms with Crippen LogP contribution in [0.5, 0.6) is 5.75 Å². The molecule has 0 unspecified atom stereocenters. The van der Waals surface area contributed by atoms with Crippen LogP contribution in [0.3, 0.4) is 0 Å². The maximum absolute atomic E-state index is 11.9. The van der Waals surface area contributed by atoms with E-state index in [2.05, 4.69) is 32.9 Å². The summed E-state index contributed by atoms with van der Waals surface area (Å²) in [5.74, 6) is 1.87. The van der Waals surface area contributed by atoms with E-state index < -0.39 is 0 Å². The van der Waals surface area contributed by atoms with Crippen LogP contribution >= 0.6 is 0 Å². The molecule has 3 heteroatoms. The van der Waals surface area contributed by atoms with Crippen molar-refractivity contribution in [3.05, 3.63) is 29.8 Å². The molecule has 0 aliphatic heterocycles. The van der Waals surface area contributed by atoms with Crippen molar-refractivity contribution in [2.45, 2.75) is 51.9 Å². The number of benzene rings is 1. The van der Waals surface area contributed by atoms with Crippen LogP contribution in [0.1, 0.15) is 52.0 Å². The van der Waals surface area contributed by atoms with Crippen molar-refractivity contribution in [2.24, 2.45) is 5.92 Å². The molecule has 1 aliphatic rings. The molecule has 1 amide bonds. The zero-order valence-corrected chi connectivity index (χ0v) is 14.4. The molecular formula is C19H29NO2. The van der Waals surface area contributed by atoms with E-state index in [1.165, 1.54) is 18.4 Å². The van der Waals surface area contributed by atoms with Gasteiger partial charge in [-0.25, -0.2) is 0 Å². The molecule has 0 bridgehead atoms. The van der Waals surface area contributed by atoms with Crippen molar-refractivity contribution >= 4 is 5.91 Å². The molecule has 0 heterocycles. The molecule has 0 spiro atoms. The van der Waals surface area contributed by atoms with E-state index in [1.807, 2.05) is 24.1 Å². The predicted octanol–water partition coefficient (Wildman–Crippen LogP) is 4.01. The fraction of sp³-hybridized carbons (Fsp3) is 0.632. The second kappa shape index (κ2) is 7.17. The fourth-order valence-electron chi connectivity index (χ4n) is 2.44. The van der Waals surface area contributed by atoms with E-state index in [0.717, 1.165) is 24.6 Å². The predicted molar refractivity (Wildman–Crippen MR) is 90.2 cm³/mol. The van der Waals surface area contributed by atoms with Crippen molar-refractivity contribution in [1.82, 2.24) is 4.90 Å². The summed E-state index contributed by atoms with van der Waals surface area (Å²) in [6, 6.07) is 8.26. The number of carbonyl (C=O) groups excluding carboxylic acids is 1. The van der Waals surface area contributed by atoms with Crippen LogP contribution in [0.2, 0.25) is 0 Å². The molecule has 0 saturated heterocycles. The van der Waals surface area contributed by atoms with E-state index in [9.17, 15) is 4.79 Å². The van der Waals surface area contributed by atoms with Crippen molar-refractivity contribution in [2.75, 3.05) is 20.2 Å². The molecule has 1 saturated carbocycles. The Labute approximate surface area is 134 Å². The van der Waals surface area contributed by atoms with Gasteiger partial charge >= 0.3 is 0 Å². The van der Waals surface area contributed by atoms with Gasteiger partial charge in [0.15, 0.2) is 0 Å². The topological polar surface area (TPSA) is 29.5 Å². The highest BCUT2D eigenvalue weighted by Gasteiger charge is 2.24. The Morgan fingerprint density at radius 2 is 1.86 bits per heavy atom. The first-order valence-electron chi connectivity index (χ1n) is 8.33. The average molecular weight is 303 g/mol. The first-order chi connectivity index (χ1) is 10.4. The maximum atomic E-state index is 11.9. The molecule has 22 heavy (non-hydrogen) atoms. The van der Waals surface area contributed by atoms with Crippen LogP contribution in [0.25, 0.3) is 0 Å². The molecule has 2 rings (SSSR count). The second-order valence-electron chi connectivity index (χ2n) is 7.44. The number of nitrogens with zero attached hydrogens (tertiary/aromatic N) is 1. The summed E-state index contributed by atoms with van der Waals surface area (Å²) in [5, 5.41) is 0. The number of ether oxygens (including phenoxy) is 1. The SMILES string of the molecule is CN(CC1CC1)C(=O)CCCOc1ccc(C(C)(C)C)cc1. The Morgan fingerprint density at radius 1 is 1.23 bits per heavy atom. The molecule has 0 N–H and O–H groups in total. The number of rotatable bonds is 7. The third-order valence-electron chi connectivity index (χ3n) is 4.18. The zero-order chi connectivity index (χ0) is 16.2. The fourth-order valence-corrected chi connectivity index (χ4v) is 2.44. The first-order valence-corrected chi connectivity index (χ1v) is 8.33. The van der Waals surface area contributed by atoms with Gasteiger partial charge in [-0.2, -0.15) is 0 Å². The lowest BCUT2D eigenvalue weighted by Gasteiger charge is -2.19. The monoisotopic (exact) mass is 303 g/mol. The van der Waals surface area contributed by atoms with Crippen molar-refractivity contribution < 1.29 is 9.53 Å². The minimum atomic E-state index is 0.164. The molecule has 1 fully saturated rings. The van der Waals surface area contributed by atoms with E-state index in [4.69, 9.17) is 4.74 Å². The summed E-state index contributed by atoms with van der Waals surface area (Å²) in [6.07, 6.45) is 3.91. The normalized spacial score (nSPS) is 14.7. The standard InChI is InChI=1S/C19H29NO2/c1-19(2,3)16-9-11-17(12-10-16)22-13-5-6-18(21)20(4)14-15-7-8-15/h9-12,15H,5-8,13-14H2,1-4H3. The van der Waals surface area contributed by atoms with Gasteiger partial charge < -0.3 is 9.64 Å². The quantitative estimate of drug-likeness (QED) is 0.712. The number of carbonyl (C=O) groups is 1. The van der Waals surface area contributed by atoms with Gasteiger partial charge in [0, 0.05) is 20.0 Å². The summed E-state index contributed by atoms with van der Waals surface area (Å²) in [7, 11) is 1.91. The summed E-state index contributed by atoms with van der Waals surface area (Å²) in [6.45, 7) is 8.12. The molecule has 3 nitrogen and oxygen atoms in total. The van der Waals surface area contributed by atoms with Crippen molar-refractivity contribution in [3.8, 4) is 5.75 Å². The number of amides is 1. The van der Waals surface area contributed by atoms with E-state index in [1.54, 1.807) is 0 Å². The van der Waals surface area contributed by atoms with Crippen LogP contribution in [-0.2, 0) is 10.2 Å². The summed E-state index contributed by atoms with van der Waals surface area (Å²) >= 11 is 0. The Bertz CT molecular complexity index is 483. The molecule has 0 radical (unpaired) electrons. The summed E-state index contributed by atoms with van der Waals surface area (Å²) in [5.41, 5.74) is 1.47. The molecule has 122 valence electrons. The lowest BCUT2D eigenvalue weighted by molar-refractivity contribution is -0.130. The number of hydrogen-bond acceptors (Lipinski definition) is 2. The first kappa shape index (κ1) is 16.9. The summed E-state index contributed by atoms with van der Waals surface area (Å²) in [4.78, 5) is 13.8. The maximum Gasteiger partial charge on any atom is 0.222 e. The molecule has 1 aromatic carbocycles. The van der Waals surface area contributed by atoms with Gasteiger partial charge in [0.2, 0.25) is 5.91 Å². The third-order valence-corrected chi connectivity index (χ3v) is 4.18. The lowest BCUT2D eigenvalue weighted by atomic mass is 9.87. The van der Waals surface area contributed by atoms with Gasteiger partial charge in [-0.1, -0.05) is 32.9 Å². The average Bonchev–Trinajstić information content (AvgIpc) is 3.26. The Morgan fingerprint density at radius 3 is 2.41 bits per heavy atom. The highest BCUT2D eigenvalue weighted by Crippen LogP contribution is 2.29. The molecule has 1 aliphatic carbocycles. The van der Waals surface area contributed by atoms with Crippen molar-refractivity contribution in [1.29, 1.82) is 0 Å². The van der Waals surface area contributed by atoms with Gasteiger partial charge in [-0.15, -0.1) is 0 Å². The van der Waals surface area contributed by atoms with Crippen LogP contribution in [0, 0.1) is 5.92 Å². The lowest BCUT2D eigenvalue weighted by Crippen LogP contribution is -2.28. The Kier molecular flexibility index (Phi) is 5.49. The third kappa shape index (κ3) is 5.36. The van der Waals surface area contributed by atoms with Gasteiger partial charge in [-0.3, -0.25) is 4.79 Å². The van der Waals surface area contributed by atoms with Crippen LogP contribution in [0.4, 0.5) is 0 Å². The Balaban J connectivity index is 1.66. The zero-order valence-electron chi connectivity index (χ0n) is 14.4. The molecule has 1 aromatic rings. The smallest absolute Gasteiger partial charge is 0.222 e. The van der Waals surface area contributed by atoms with Crippen LogP contribution in [-0.4, -0.2) is 31.0 Å². The largest absolute Gasteiger partial charge is 0.494 e. The van der Waals surface area contributed by atoms with E-state index in [-0.39, 0.29) is 11.3 Å². The summed E-state index contributed by atoms with van der Waals surface area (Å²) < 4.78 is 5.73. The van der Waals surface area contributed by atoms with Gasteiger partial charge in [0.1, 0.15) is 5.75 Å². The highest BCUT2D eigenvalue weighted by molar-refractivity contribution is 5.75. The minimum absolute atomic E-state index is 0.164. The van der Waals surface area contributed by atoms with Gasteiger partial charge in [-0.05, 0) is 48.3 Å². The molecule has 0 atom stereocenters. The highest BCUT2D eigenvalue weighted by atomic mass is 16.5. The van der Waals surface area contributed by atoms with Crippen LogP contribution < -0.4 is 4.74 Å². The van der Waals surface area contributed by atoms with Crippen molar-refractivity contribution in [3.63, 3.8) is 0 Å². The molecular weight excluding hydrogens is 274 g/mol. The van der Waals surface area contributed by atoms with E-state index >= 15 is 0 Å². The van der Waals surface area contributed by atoms with Crippen LogP contribution in [0.15, 0.2) is 24.3 Å². The molecule has 0 aromatic heterocycles.